The van der Waals surface area contributed by atoms with E-state index in [1.165, 1.54) is 6.08 Å². The molecule has 2 heterocycles. The van der Waals surface area contributed by atoms with Crippen molar-refractivity contribution in [2.45, 2.75) is 18.9 Å². The number of methoxy groups -OCH3 is 1. The SMILES string of the molecule is C=CC(=O)N1CCCC(Oc2nc(Nc3cccc(OC)c3)ncc2F)C1. The van der Waals surface area contributed by atoms with Crippen molar-refractivity contribution in [3.63, 3.8) is 0 Å². The summed E-state index contributed by atoms with van der Waals surface area (Å²) in [5.41, 5.74) is 0.701. The molecule has 1 amide bonds. The smallest absolute Gasteiger partial charge is 0.255 e. The zero-order chi connectivity index (χ0) is 19.2. The van der Waals surface area contributed by atoms with Gasteiger partial charge in [-0.3, -0.25) is 4.79 Å². The molecule has 1 unspecified atom stereocenters. The molecule has 0 bridgehead atoms. The molecule has 1 aliphatic heterocycles. The lowest BCUT2D eigenvalue weighted by molar-refractivity contribution is -0.128. The third-order valence-electron chi connectivity index (χ3n) is 4.18. The Bertz CT molecular complexity index is 830. The summed E-state index contributed by atoms with van der Waals surface area (Å²) in [6.07, 6.45) is 3.47. The average Bonchev–Trinajstić information content (AvgIpc) is 2.70. The highest BCUT2D eigenvalue weighted by Gasteiger charge is 2.25. The standard InChI is InChI=1S/C19H21FN4O3/c1-3-17(25)24-9-5-8-15(12-24)27-18-16(20)11-21-19(23-18)22-13-6-4-7-14(10-13)26-2/h3-4,6-7,10-11,15H,1,5,8-9,12H2,2H3,(H,21,22,23). The molecule has 1 aliphatic rings. The number of amides is 1. The number of nitrogens with zero attached hydrogens (tertiary/aromatic N) is 3. The molecule has 142 valence electrons. The van der Waals surface area contributed by atoms with Crippen LogP contribution in [0, 0.1) is 5.82 Å². The van der Waals surface area contributed by atoms with Gasteiger partial charge in [0, 0.05) is 18.3 Å². The third-order valence-corrected chi connectivity index (χ3v) is 4.18. The molecule has 0 aliphatic carbocycles. The number of carbonyl (C=O) groups is 1. The topological polar surface area (TPSA) is 76.6 Å². The predicted molar refractivity (Wildman–Crippen MR) is 98.7 cm³/mol. The van der Waals surface area contributed by atoms with Gasteiger partial charge in [0.05, 0.1) is 19.9 Å². The van der Waals surface area contributed by atoms with E-state index >= 15 is 0 Å². The van der Waals surface area contributed by atoms with Crippen molar-refractivity contribution in [2.24, 2.45) is 0 Å². The maximum absolute atomic E-state index is 14.1. The van der Waals surface area contributed by atoms with Gasteiger partial charge >= 0.3 is 0 Å². The van der Waals surface area contributed by atoms with Crippen molar-refractivity contribution in [3.05, 3.63) is 48.9 Å². The number of nitrogens with one attached hydrogen (secondary N) is 1. The number of rotatable bonds is 6. The minimum Gasteiger partial charge on any atom is -0.497 e. The van der Waals surface area contributed by atoms with Crippen LogP contribution >= 0.6 is 0 Å². The lowest BCUT2D eigenvalue weighted by Gasteiger charge is -2.32. The molecule has 1 N–H and O–H groups in total. The highest BCUT2D eigenvalue weighted by atomic mass is 19.1. The second-order valence-electron chi connectivity index (χ2n) is 6.07. The Morgan fingerprint density at radius 2 is 2.33 bits per heavy atom. The number of hydrogen-bond donors (Lipinski definition) is 1. The first-order valence-corrected chi connectivity index (χ1v) is 8.60. The molecule has 0 spiro atoms. The average molecular weight is 372 g/mol. The van der Waals surface area contributed by atoms with E-state index in [2.05, 4.69) is 21.9 Å². The fourth-order valence-electron chi connectivity index (χ4n) is 2.85. The van der Waals surface area contributed by atoms with Gasteiger partial charge in [0.2, 0.25) is 17.7 Å². The van der Waals surface area contributed by atoms with Crippen LogP contribution in [0.25, 0.3) is 0 Å². The monoisotopic (exact) mass is 372 g/mol. The van der Waals surface area contributed by atoms with Crippen LogP contribution in [0.3, 0.4) is 0 Å². The number of piperidine rings is 1. The Balaban J connectivity index is 1.71. The third kappa shape index (κ3) is 4.72. The van der Waals surface area contributed by atoms with Crippen LogP contribution in [-0.4, -0.2) is 47.1 Å². The van der Waals surface area contributed by atoms with Crippen LogP contribution < -0.4 is 14.8 Å². The van der Waals surface area contributed by atoms with Crippen molar-refractivity contribution in [1.29, 1.82) is 0 Å². The fourth-order valence-corrected chi connectivity index (χ4v) is 2.85. The number of aromatic nitrogens is 2. The molecule has 1 atom stereocenters. The van der Waals surface area contributed by atoms with Crippen molar-refractivity contribution in [3.8, 4) is 11.6 Å². The van der Waals surface area contributed by atoms with Gasteiger partial charge in [-0.15, -0.1) is 0 Å². The van der Waals surface area contributed by atoms with Crippen molar-refractivity contribution < 1.29 is 18.7 Å². The van der Waals surface area contributed by atoms with E-state index in [4.69, 9.17) is 9.47 Å². The summed E-state index contributed by atoms with van der Waals surface area (Å²) in [6, 6.07) is 7.21. The van der Waals surface area contributed by atoms with Gasteiger partial charge in [0.1, 0.15) is 11.9 Å². The first kappa shape index (κ1) is 18.6. The highest BCUT2D eigenvalue weighted by Crippen LogP contribution is 2.23. The van der Waals surface area contributed by atoms with E-state index in [9.17, 15) is 9.18 Å². The van der Waals surface area contributed by atoms with Crippen LogP contribution in [0.1, 0.15) is 12.8 Å². The number of hydrogen-bond acceptors (Lipinski definition) is 6. The normalized spacial score (nSPS) is 16.5. The Morgan fingerprint density at radius 3 is 3.11 bits per heavy atom. The van der Waals surface area contributed by atoms with Crippen LogP contribution in [0.4, 0.5) is 16.0 Å². The van der Waals surface area contributed by atoms with E-state index in [0.29, 0.717) is 30.9 Å². The Morgan fingerprint density at radius 1 is 1.48 bits per heavy atom. The molecular weight excluding hydrogens is 351 g/mol. The molecule has 3 rings (SSSR count). The summed E-state index contributed by atoms with van der Waals surface area (Å²) >= 11 is 0. The maximum atomic E-state index is 14.1. The Hall–Kier alpha value is -3.16. The summed E-state index contributed by atoms with van der Waals surface area (Å²) in [4.78, 5) is 21.5. The first-order valence-electron chi connectivity index (χ1n) is 8.60. The Kier molecular flexibility index (Phi) is 5.85. The van der Waals surface area contributed by atoms with Gasteiger partial charge in [0.25, 0.3) is 5.88 Å². The van der Waals surface area contributed by atoms with Gasteiger partial charge < -0.3 is 19.7 Å². The van der Waals surface area contributed by atoms with Gasteiger partial charge in [-0.2, -0.15) is 9.37 Å². The van der Waals surface area contributed by atoms with Crippen molar-refractivity contribution in [1.82, 2.24) is 14.9 Å². The number of carbonyl (C=O) groups excluding carboxylic acids is 1. The molecule has 0 saturated carbocycles. The zero-order valence-corrected chi connectivity index (χ0v) is 15.0. The molecule has 1 saturated heterocycles. The summed E-state index contributed by atoms with van der Waals surface area (Å²) < 4.78 is 25.0. The number of halogens is 1. The van der Waals surface area contributed by atoms with Crippen LogP contribution in [0.5, 0.6) is 11.6 Å². The lowest BCUT2D eigenvalue weighted by atomic mass is 10.1. The van der Waals surface area contributed by atoms with Crippen molar-refractivity contribution >= 4 is 17.5 Å². The van der Waals surface area contributed by atoms with E-state index in [1.807, 2.05) is 18.2 Å². The second-order valence-corrected chi connectivity index (χ2v) is 6.07. The lowest BCUT2D eigenvalue weighted by Crippen LogP contribution is -2.43. The zero-order valence-electron chi connectivity index (χ0n) is 15.0. The molecule has 1 fully saturated rings. The fraction of sp³-hybridized carbons (Fsp3) is 0.316. The molecular formula is C19H21FN4O3. The van der Waals surface area contributed by atoms with Gasteiger partial charge in [-0.25, -0.2) is 4.98 Å². The second kappa shape index (κ2) is 8.48. The number of ether oxygens (including phenoxy) is 2. The van der Waals surface area contributed by atoms with E-state index in [0.717, 1.165) is 12.6 Å². The summed E-state index contributed by atoms with van der Waals surface area (Å²) in [7, 11) is 1.57. The van der Waals surface area contributed by atoms with Crippen LogP contribution in [0.15, 0.2) is 43.1 Å². The summed E-state index contributed by atoms with van der Waals surface area (Å²) in [5.74, 6) is -0.0826. The number of likely N-dealkylation sites (tertiary alicyclic amines) is 1. The maximum Gasteiger partial charge on any atom is 0.255 e. The minimum atomic E-state index is -0.654. The Labute approximate surface area is 156 Å². The molecule has 8 heteroatoms. The van der Waals surface area contributed by atoms with Gasteiger partial charge in [-0.1, -0.05) is 12.6 Å². The predicted octanol–water partition coefficient (Wildman–Crippen LogP) is 2.92. The molecule has 27 heavy (non-hydrogen) atoms. The van der Waals surface area contributed by atoms with Crippen LogP contribution in [-0.2, 0) is 4.79 Å². The van der Waals surface area contributed by atoms with Gasteiger partial charge in [0.15, 0.2) is 0 Å². The van der Waals surface area contributed by atoms with E-state index < -0.39 is 5.82 Å². The van der Waals surface area contributed by atoms with E-state index in [-0.39, 0.29) is 23.8 Å². The first-order chi connectivity index (χ1) is 13.1. The molecule has 2 aromatic rings. The highest BCUT2D eigenvalue weighted by molar-refractivity contribution is 5.87. The molecule has 1 aromatic heterocycles. The quantitative estimate of drug-likeness (QED) is 0.786. The van der Waals surface area contributed by atoms with E-state index in [1.54, 1.807) is 18.1 Å². The number of benzene rings is 1. The summed E-state index contributed by atoms with van der Waals surface area (Å²) in [6.45, 7) is 4.50. The molecule has 1 aromatic carbocycles. The minimum absolute atomic E-state index is 0.145. The van der Waals surface area contributed by atoms with Crippen molar-refractivity contribution in [2.75, 3.05) is 25.5 Å². The molecule has 7 nitrogen and oxygen atoms in total. The van der Waals surface area contributed by atoms with Crippen LogP contribution in [0.2, 0.25) is 0 Å². The molecule has 0 radical (unpaired) electrons. The summed E-state index contributed by atoms with van der Waals surface area (Å²) in [5, 5.41) is 2.99. The van der Waals surface area contributed by atoms with Gasteiger partial charge in [-0.05, 0) is 31.1 Å². The largest absolute Gasteiger partial charge is 0.497 e. The number of anilines is 2.